The first-order chi connectivity index (χ1) is 6.81. The molecule has 0 aliphatic rings. The molecule has 0 heterocycles. The van der Waals surface area contributed by atoms with Gasteiger partial charge in [-0.25, -0.2) is 0 Å². The maximum atomic E-state index is 5.44. The summed E-state index contributed by atoms with van der Waals surface area (Å²) in [5.41, 5.74) is 1.16. The molecule has 0 aromatic heterocycles. The summed E-state index contributed by atoms with van der Waals surface area (Å²) in [6, 6.07) is 8.40. The maximum Gasteiger partial charge on any atom is 0.0943 e. The Hall–Kier alpha value is -0.910. The minimum absolute atomic E-state index is 0.0379. The molecule has 1 nitrogen and oxygen atoms in total. The van der Waals surface area contributed by atoms with Crippen LogP contribution in [0.15, 0.2) is 29.2 Å². The van der Waals surface area contributed by atoms with E-state index in [1.54, 1.807) is 11.8 Å². The molecule has 0 fully saturated rings. The minimum atomic E-state index is 0.0379. The van der Waals surface area contributed by atoms with Crippen LogP contribution >= 0.6 is 11.8 Å². The van der Waals surface area contributed by atoms with Gasteiger partial charge in [-0.2, -0.15) is 0 Å². The summed E-state index contributed by atoms with van der Waals surface area (Å²) in [5, 5.41) is 3.24. The van der Waals surface area contributed by atoms with Crippen LogP contribution in [0.25, 0.3) is 0 Å². The molecule has 1 N–H and O–H groups in total. The topological polar surface area (TPSA) is 12.0 Å². The first-order valence-electron chi connectivity index (χ1n) is 4.65. The average Bonchev–Trinajstić information content (AvgIpc) is 2.26. The zero-order chi connectivity index (χ0) is 10.4. The van der Waals surface area contributed by atoms with Crippen molar-refractivity contribution in [2.24, 2.45) is 0 Å². The van der Waals surface area contributed by atoms with Crippen LogP contribution in [0.4, 0.5) is 0 Å². The third-order valence-corrected chi connectivity index (χ3v) is 2.77. The monoisotopic (exact) mass is 205 g/mol. The summed E-state index contributed by atoms with van der Waals surface area (Å²) in [5.74, 6) is 2.74. The van der Waals surface area contributed by atoms with E-state index in [4.69, 9.17) is 6.42 Å². The number of hydrogen-bond acceptors (Lipinski definition) is 2. The summed E-state index contributed by atoms with van der Waals surface area (Å²) in [6.07, 6.45) is 7.51. The molecule has 0 aliphatic carbocycles. The van der Waals surface area contributed by atoms with Gasteiger partial charge in [0.15, 0.2) is 0 Å². The number of terminal acetylenes is 1. The quantitative estimate of drug-likeness (QED) is 0.599. The van der Waals surface area contributed by atoms with Gasteiger partial charge in [0.1, 0.15) is 0 Å². The SMILES string of the molecule is C#CC(NCC)c1ccc(SC)cc1. The second-order valence-corrected chi connectivity index (χ2v) is 3.81. The molecule has 0 bridgehead atoms. The highest BCUT2D eigenvalue weighted by atomic mass is 32.2. The Kier molecular flexibility index (Phi) is 4.58. The second kappa shape index (κ2) is 5.74. The van der Waals surface area contributed by atoms with Gasteiger partial charge < -0.3 is 5.32 Å². The Morgan fingerprint density at radius 3 is 2.50 bits per heavy atom. The molecule has 0 radical (unpaired) electrons. The van der Waals surface area contributed by atoms with Crippen LogP contribution in [0.1, 0.15) is 18.5 Å². The van der Waals surface area contributed by atoms with Crippen molar-refractivity contribution in [2.45, 2.75) is 17.9 Å². The van der Waals surface area contributed by atoms with E-state index in [-0.39, 0.29) is 6.04 Å². The van der Waals surface area contributed by atoms with Gasteiger partial charge in [-0.3, -0.25) is 0 Å². The van der Waals surface area contributed by atoms with Gasteiger partial charge in [-0.15, -0.1) is 18.2 Å². The van der Waals surface area contributed by atoms with Crippen molar-refractivity contribution in [2.75, 3.05) is 12.8 Å². The summed E-state index contributed by atoms with van der Waals surface area (Å²) >= 11 is 1.74. The fourth-order valence-electron chi connectivity index (χ4n) is 1.27. The standard InChI is InChI=1S/C12H15NS/c1-4-12(13-5-2)10-6-8-11(14-3)9-7-10/h1,6-9,12-13H,5H2,2-3H3. The van der Waals surface area contributed by atoms with Gasteiger partial charge in [0.05, 0.1) is 6.04 Å². The van der Waals surface area contributed by atoms with E-state index in [0.717, 1.165) is 12.1 Å². The number of hydrogen-bond donors (Lipinski definition) is 1. The highest BCUT2D eigenvalue weighted by molar-refractivity contribution is 7.98. The predicted octanol–water partition coefficient (Wildman–Crippen LogP) is 2.69. The average molecular weight is 205 g/mol. The van der Waals surface area contributed by atoms with Crippen molar-refractivity contribution >= 4 is 11.8 Å². The molecule has 1 unspecified atom stereocenters. The molecule has 0 spiro atoms. The van der Waals surface area contributed by atoms with E-state index in [9.17, 15) is 0 Å². The maximum absolute atomic E-state index is 5.44. The lowest BCUT2D eigenvalue weighted by Crippen LogP contribution is -2.18. The highest BCUT2D eigenvalue weighted by Crippen LogP contribution is 2.18. The molecular weight excluding hydrogens is 190 g/mol. The highest BCUT2D eigenvalue weighted by Gasteiger charge is 2.05. The van der Waals surface area contributed by atoms with Crippen LogP contribution in [-0.4, -0.2) is 12.8 Å². The number of thioether (sulfide) groups is 1. The van der Waals surface area contributed by atoms with Crippen LogP contribution in [0.2, 0.25) is 0 Å². The van der Waals surface area contributed by atoms with Gasteiger partial charge in [0.2, 0.25) is 0 Å². The molecule has 1 atom stereocenters. The molecule has 74 valence electrons. The lowest BCUT2D eigenvalue weighted by atomic mass is 10.1. The van der Waals surface area contributed by atoms with Gasteiger partial charge in [-0.1, -0.05) is 25.0 Å². The Labute approximate surface area is 90.3 Å². The fraction of sp³-hybridized carbons (Fsp3) is 0.333. The normalized spacial score (nSPS) is 12.1. The van der Waals surface area contributed by atoms with Gasteiger partial charge in [0.25, 0.3) is 0 Å². The van der Waals surface area contributed by atoms with E-state index in [2.05, 4.69) is 48.7 Å². The molecule has 0 aliphatic heterocycles. The van der Waals surface area contributed by atoms with Crippen molar-refractivity contribution in [1.29, 1.82) is 0 Å². The molecule has 14 heavy (non-hydrogen) atoms. The van der Waals surface area contributed by atoms with E-state index >= 15 is 0 Å². The third-order valence-electron chi connectivity index (χ3n) is 2.02. The summed E-state index contributed by atoms with van der Waals surface area (Å²) in [7, 11) is 0. The third kappa shape index (κ3) is 2.80. The summed E-state index contributed by atoms with van der Waals surface area (Å²) in [4.78, 5) is 1.26. The zero-order valence-corrected chi connectivity index (χ0v) is 9.40. The Bertz CT molecular complexity index is 310. The van der Waals surface area contributed by atoms with Crippen molar-refractivity contribution in [3.05, 3.63) is 29.8 Å². The van der Waals surface area contributed by atoms with E-state index < -0.39 is 0 Å². The van der Waals surface area contributed by atoms with Crippen molar-refractivity contribution < 1.29 is 0 Å². The first kappa shape index (κ1) is 11.2. The van der Waals surface area contributed by atoms with Crippen molar-refractivity contribution in [1.82, 2.24) is 5.32 Å². The Morgan fingerprint density at radius 2 is 2.07 bits per heavy atom. The van der Waals surface area contributed by atoms with E-state index in [1.165, 1.54) is 4.90 Å². The Morgan fingerprint density at radius 1 is 1.43 bits per heavy atom. The Balaban J connectivity index is 2.79. The van der Waals surface area contributed by atoms with Crippen LogP contribution in [0.3, 0.4) is 0 Å². The number of rotatable bonds is 4. The summed E-state index contributed by atoms with van der Waals surface area (Å²) < 4.78 is 0. The van der Waals surface area contributed by atoms with Crippen LogP contribution in [0, 0.1) is 12.3 Å². The smallest absolute Gasteiger partial charge is 0.0943 e. The second-order valence-electron chi connectivity index (χ2n) is 2.93. The minimum Gasteiger partial charge on any atom is -0.300 e. The number of nitrogens with one attached hydrogen (secondary N) is 1. The van der Waals surface area contributed by atoms with Gasteiger partial charge in [-0.05, 0) is 30.5 Å². The van der Waals surface area contributed by atoms with E-state index in [0.29, 0.717) is 0 Å². The molecule has 0 saturated carbocycles. The van der Waals surface area contributed by atoms with E-state index in [1.807, 2.05) is 0 Å². The summed E-state index contributed by atoms with van der Waals surface area (Å²) in [6.45, 7) is 2.94. The van der Waals surface area contributed by atoms with Crippen molar-refractivity contribution in [3.63, 3.8) is 0 Å². The molecule has 0 saturated heterocycles. The largest absolute Gasteiger partial charge is 0.300 e. The van der Waals surface area contributed by atoms with Crippen molar-refractivity contribution in [3.8, 4) is 12.3 Å². The van der Waals surface area contributed by atoms with Crippen LogP contribution in [0.5, 0.6) is 0 Å². The molecular formula is C12H15NS. The first-order valence-corrected chi connectivity index (χ1v) is 5.87. The predicted molar refractivity (Wildman–Crippen MR) is 63.5 cm³/mol. The molecule has 1 aromatic rings. The molecule has 2 heteroatoms. The number of benzene rings is 1. The van der Waals surface area contributed by atoms with Gasteiger partial charge in [0, 0.05) is 4.90 Å². The lowest BCUT2D eigenvalue weighted by Gasteiger charge is -2.11. The van der Waals surface area contributed by atoms with Gasteiger partial charge >= 0.3 is 0 Å². The lowest BCUT2D eigenvalue weighted by molar-refractivity contribution is 0.664. The van der Waals surface area contributed by atoms with Crippen LogP contribution < -0.4 is 5.32 Å². The zero-order valence-electron chi connectivity index (χ0n) is 8.58. The fourth-order valence-corrected chi connectivity index (χ4v) is 1.68. The van der Waals surface area contributed by atoms with Crippen LogP contribution in [-0.2, 0) is 0 Å². The molecule has 1 rings (SSSR count). The molecule has 1 aromatic carbocycles. The molecule has 0 amide bonds.